The Hall–Kier alpha value is -18.2. The molecule has 9 heterocycles. The quantitative estimate of drug-likeness (QED) is 0.138. The lowest BCUT2D eigenvalue weighted by Gasteiger charge is -2.22. The zero-order valence-corrected chi connectivity index (χ0v) is 84.1. The summed E-state index contributed by atoms with van der Waals surface area (Å²) in [6.07, 6.45) is 0. The molecule has 0 atom stereocenters. The van der Waals surface area contributed by atoms with Crippen molar-refractivity contribution in [3.63, 3.8) is 0 Å². The second-order valence-corrected chi connectivity index (χ2v) is 43.5. The fourth-order valence-corrected chi connectivity index (χ4v) is 29.1. The van der Waals surface area contributed by atoms with Gasteiger partial charge in [-0.3, -0.25) is 0 Å². The molecule has 0 N–H and O–H groups in total. The van der Waals surface area contributed by atoms with Gasteiger partial charge in [0.15, 0.2) is 0 Å². The number of hydrogen-bond donors (Lipinski definition) is 0. The van der Waals surface area contributed by atoms with Crippen LogP contribution in [-0.4, -0.2) is 27.4 Å². The average Bonchev–Trinajstić information content (AvgIpc) is 1.54. The Morgan fingerprint density at radius 1 is 0.168 bits per heavy atom. The lowest BCUT2D eigenvalue weighted by molar-refractivity contribution is 0.660. The molecule has 1 aliphatic rings. The van der Waals surface area contributed by atoms with Crippen LogP contribution in [0.3, 0.4) is 0 Å². The summed E-state index contributed by atoms with van der Waals surface area (Å²) in [6, 6.07) is 181. The van der Waals surface area contributed by atoms with Crippen LogP contribution in [0.1, 0.15) is 25.0 Å². The fraction of sp³-hybridized carbons (Fsp3) is 0.0286. The first-order valence-electron chi connectivity index (χ1n) is 51.3. The van der Waals surface area contributed by atoms with Gasteiger partial charge in [-0.1, -0.05) is 347 Å². The van der Waals surface area contributed by atoms with Crippen molar-refractivity contribution in [1.29, 1.82) is 0 Å². The molecule has 23 aromatic carbocycles. The van der Waals surface area contributed by atoms with Crippen LogP contribution in [0.15, 0.2) is 491 Å². The van der Waals surface area contributed by atoms with Crippen molar-refractivity contribution in [2.75, 3.05) is 0 Å². The molecule has 6 nitrogen and oxygen atoms in total. The first-order chi connectivity index (χ1) is 73.6. The van der Waals surface area contributed by atoms with Crippen molar-refractivity contribution in [3.05, 3.63) is 503 Å². The van der Waals surface area contributed by atoms with Crippen LogP contribution >= 0.6 is 34.0 Å². The maximum absolute atomic E-state index is 2.49. The molecule has 0 saturated carbocycles. The van der Waals surface area contributed by atoms with E-state index in [1.807, 2.05) is 34.0 Å². The van der Waals surface area contributed by atoms with Crippen LogP contribution in [-0.2, 0) is 12.5 Å². The summed E-state index contributed by atoms with van der Waals surface area (Å²) in [4.78, 5) is 0. The number of benzene rings is 23. The summed E-state index contributed by atoms with van der Waals surface area (Å²) in [5.74, 6) is 0. The van der Waals surface area contributed by atoms with Crippen molar-refractivity contribution in [1.82, 2.24) is 27.4 Å². The van der Waals surface area contributed by atoms with Crippen LogP contribution in [0.2, 0.25) is 0 Å². The molecule has 32 aromatic rings. The highest BCUT2D eigenvalue weighted by Crippen LogP contribution is 2.54. The Balaban J connectivity index is 0.000000102. The molecule has 33 rings (SSSR count). The van der Waals surface area contributed by atoms with Gasteiger partial charge in [-0.15, -0.1) is 34.0 Å². The van der Waals surface area contributed by atoms with E-state index in [1.165, 1.54) is 280 Å². The summed E-state index contributed by atoms with van der Waals surface area (Å²) < 4.78 is 22.6. The van der Waals surface area contributed by atoms with Crippen molar-refractivity contribution in [2.45, 2.75) is 19.3 Å². The Morgan fingerprint density at radius 3 is 0.826 bits per heavy atom. The van der Waals surface area contributed by atoms with Gasteiger partial charge in [-0.25, -0.2) is 0 Å². The summed E-state index contributed by atoms with van der Waals surface area (Å²) in [5, 5.41) is 26.0. The van der Waals surface area contributed by atoms with E-state index in [1.54, 1.807) is 0 Å². The number of para-hydroxylation sites is 6. The minimum absolute atomic E-state index is 0.0681. The van der Waals surface area contributed by atoms with E-state index >= 15 is 0 Å². The van der Waals surface area contributed by atoms with Crippen molar-refractivity contribution < 1.29 is 0 Å². The van der Waals surface area contributed by atoms with E-state index in [0.29, 0.717) is 0 Å². The molecule has 9 aromatic heterocycles. The molecule has 0 spiro atoms. The molecular weight excluding hydrogens is 1860 g/mol. The van der Waals surface area contributed by atoms with Gasteiger partial charge in [0.1, 0.15) is 0 Å². The Labute approximate surface area is 869 Å². The van der Waals surface area contributed by atoms with Gasteiger partial charge >= 0.3 is 0 Å². The number of thiophene rings is 3. The highest BCUT2D eigenvalue weighted by atomic mass is 32.1. The molecule has 149 heavy (non-hydrogen) atoms. The fourth-order valence-electron chi connectivity index (χ4n) is 25.4. The summed E-state index contributed by atoms with van der Waals surface area (Å²) in [6.45, 7) is 4.73. The maximum atomic E-state index is 2.49. The smallest absolute Gasteiger partial charge is 0.0548 e. The number of aryl methyl sites for hydroxylation is 1. The van der Waals surface area contributed by atoms with Crippen LogP contribution in [0.25, 0.3) is 286 Å². The van der Waals surface area contributed by atoms with Crippen LogP contribution in [0.5, 0.6) is 0 Å². The largest absolute Gasteiger partial charge is 0.344 e. The second-order valence-electron chi connectivity index (χ2n) is 40.4. The molecule has 1 aliphatic carbocycles. The molecule has 0 aliphatic heterocycles. The molecular formula is C140H90N6S3. The number of rotatable bonds is 9. The number of nitrogens with zero attached hydrogens (tertiary/aromatic N) is 6. The van der Waals surface area contributed by atoms with Crippen molar-refractivity contribution in [3.8, 4) is 84.1 Å². The molecule has 0 bridgehead atoms. The Bertz CT molecular complexity index is 11200. The van der Waals surface area contributed by atoms with Gasteiger partial charge in [0.05, 0.1) is 55.2 Å². The normalized spacial score (nSPS) is 12.6. The van der Waals surface area contributed by atoms with E-state index < -0.39 is 0 Å². The van der Waals surface area contributed by atoms with Crippen LogP contribution in [0.4, 0.5) is 0 Å². The van der Waals surface area contributed by atoms with Gasteiger partial charge in [0.25, 0.3) is 0 Å². The van der Waals surface area contributed by atoms with E-state index in [2.05, 4.69) is 540 Å². The van der Waals surface area contributed by atoms with Gasteiger partial charge in [0.2, 0.25) is 0 Å². The Kier molecular flexibility index (Phi) is 19.0. The standard InChI is InChI=1S/C52H32N2S.C51H34N2S.C37H24N2S/c1-2-11-36-32-37(21-20-33(36)10-1)34-22-26-38(27-23-34)53-45-17-6-3-13-43(45)50-47(53)30-31-48-51(50)44-14-4-7-18-46(44)54(48)39-28-24-35(25-29-39)40-15-9-16-42-41-12-5-8-19-49(41)55-52(40)42;1-51(2)41-18-7-3-12-35(41)36-27-26-33(30-42(36)51)53-44-20-9-5-15-40(44)49-46(53)29-28-45-48(49)39-14-4-8-19-43(39)52(45)32-24-22-31(23-25-32)34-16-11-17-38-37-13-6-10-21-47(37)54-50(34)38;1-38-30-14-5-2-10-28(30)35-32(38)21-22-33-36(35)29-11-3-6-15-31(29)39(33)24-19-17-23(18-20-24)25-12-8-13-27-26-9-4-7-16-34(26)40-37(25)27/h1-32H;3-30H,1-2H3;2-22H,1H3. The monoisotopic (exact) mass is 1950 g/mol. The summed E-state index contributed by atoms with van der Waals surface area (Å²) >= 11 is 5.66. The molecule has 0 saturated heterocycles. The topological polar surface area (TPSA) is 29.6 Å². The van der Waals surface area contributed by atoms with Crippen LogP contribution < -0.4 is 0 Å². The first-order valence-corrected chi connectivity index (χ1v) is 53.7. The number of fused-ring (bicyclic) bond motifs is 34. The Morgan fingerprint density at radius 2 is 0.436 bits per heavy atom. The van der Waals surface area contributed by atoms with E-state index in [9.17, 15) is 0 Å². The highest BCUT2D eigenvalue weighted by molar-refractivity contribution is 7.27. The van der Waals surface area contributed by atoms with Gasteiger partial charge in [-0.2, -0.15) is 0 Å². The SMILES string of the molecule is CC1(C)c2ccccc2-c2ccc(-n3c4ccccc4c4c5c6ccccc6n(-c6ccc(-c7cccc8c7sc7ccccc78)cc6)c5ccc43)cc21.Cn1c2ccccc2c2c3c4ccccc4n(-c4ccc(-c5cccc6c5sc5ccccc56)cc4)c3ccc21.c1ccc2cc(-c3ccc(-n4c5ccccc5c5c6c7ccccc7n(-c7ccc(-c8cccc9c8sc8ccccc89)cc7)c6ccc54)cc3)ccc2c1. The third kappa shape index (κ3) is 12.9. The third-order valence-electron chi connectivity index (χ3n) is 32.2. The van der Waals surface area contributed by atoms with Gasteiger partial charge < -0.3 is 27.4 Å². The lowest BCUT2D eigenvalue weighted by Crippen LogP contribution is -2.15. The van der Waals surface area contributed by atoms with Gasteiger partial charge in [0, 0.05) is 177 Å². The summed E-state index contributed by atoms with van der Waals surface area (Å²) in [5.41, 5.74) is 36.0. The number of aromatic nitrogens is 6. The zero-order valence-electron chi connectivity index (χ0n) is 81.7. The molecule has 9 heteroatoms. The zero-order chi connectivity index (χ0) is 98.1. The number of hydrogen-bond acceptors (Lipinski definition) is 3. The maximum Gasteiger partial charge on any atom is 0.0548 e. The molecule has 0 unspecified atom stereocenters. The van der Waals surface area contributed by atoms with Crippen molar-refractivity contribution >= 4 is 236 Å². The molecule has 0 amide bonds. The molecule has 0 fully saturated rings. The van der Waals surface area contributed by atoms with E-state index in [4.69, 9.17) is 0 Å². The summed E-state index contributed by atoms with van der Waals surface area (Å²) in [7, 11) is 2.17. The second kappa shape index (κ2) is 33.2. The predicted molar refractivity (Wildman–Crippen MR) is 640 cm³/mol. The minimum Gasteiger partial charge on any atom is -0.344 e. The van der Waals surface area contributed by atoms with Gasteiger partial charge in [-0.05, 0) is 235 Å². The predicted octanol–water partition coefficient (Wildman–Crippen LogP) is 39.4. The highest BCUT2D eigenvalue weighted by Gasteiger charge is 2.36. The minimum atomic E-state index is -0.0681. The van der Waals surface area contributed by atoms with Crippen molar-refractivity contribution in [2.24, 2.45) is 7.05 Å². The first kappa shape index (κ1) is 85.2. The average molecular weight is 1950 g/mol. The molecule has 698 valence electrons. The third-order valence-corrected chi connectivity index (χ3v) is 35.9. The van der Waals surface area contributed by atoms with E-state index in [-0.39, 0.29) is 5.41 Å². The molecule has 0 radical (unpaired) electrons. The lowest BCUT2D eigenvalue weighted by atomic mass is 9.82. The van der Waals surface area contributed by atoms with Crippen LogP contribution in [0, 0.1) is 0 Å². The van der Waals surface area contributed by atoms with E-state index in [0.717, 1.165) is 17.1 Å².